The van der Waals surface area contributed by atoms with Gasteiger partial charge in [-0.2, -0.15) is 0 Å². The van der Waals surface area contributed by atoms with Gasteiger partial charge in [-0.05, 0) is 53.7 Å². The molecule has 0 amide bonds. The summed E-state index contributed by atoms with van der Waals surface area (Å²) < 4.78 is 28.1. The van der Waals surface area contributed by atoms with Crippen molar-refractivity contribution in [1.82, 2.24) is 0 Å². The Morgan fingerprint density at radius 3 is 1.59 bits per heavy atom. The zero-order chi connectivity index (χ0) is 21.0. The molecule has 1 aromatic carbocycles. The zero-order valence-electron chi connectivity index (χ0n) is 16.3. The van der Waals surface area contributed by atoms with Gasteiger partial charge in [-0.25, -0.2) is 4.57 Å². The fourth-order valence-electron chi connectivity index (χ4n) is 3.16. The van der Waals surface area contributed by atoms with Crippen LogP contribution in [0.1, 0.15) is 56.9 Å². The molecule has 10 heteroatoms. The zero-order valence-corrected chi connectivity index (χ0v) is 19.7. The topological polar surface area (TPSA) is 104 Å². The highest BCUT2D eigenvalue weighted by atomic mass is 32.2. The summed E-state index contributed by atoms with van der Waals surface area (Å²) >= 11 is 6.31. The molecule has 0 aliphatic heterocycles. The number of hydrogen-bond acceptors (Lipinski definition) is 5. The van der Waals surface area contributed by atoms with Gasteiger partial charge >= 0.3 is 15.2 Å². The lowest BCUT2D eigenvalue weighted by molar-refractivity contribution is 0.383. The summed E-state index contributed by atoms with van der Waals surface area (Å²) in [5, 5.41) is 0. The summed E-state index contributed by atoms with van der Waals surface area (Å²) in [6.07, 6.45) is 2.57. The van der Waals surface area contributed by atoms with Crippen molar-refractivity contribution in [2.45, 2.75) is 65.2 Å². The van der Waals surface area contributed by atoms with Gasteiger partial charge < -0.3 is 19.2 Å². The quantitative estimate of drug-likeness (QED) is 0.256. The van der Waals surface area contributed by atoms with Crippen molar-refractivity contribution in [1.29, 1.82) is 0 Å². The average molecular weight is 454 g/mol. The van der Waals surface area contributed by atoms with Crippen LogP contribution in [0.25, 0.3) is 0 Å². The molecule has 0 saturated heterocycles. The maximum Gasteiger partial charge on any atom is 0.427 e. The standard InChI is InChI=1S/C17H28O6P2S2/c1-6-11-13(8-3)16(27-10-5)14(9-4)12(7-2)15(11)23-25(21,22)17(26)24(18,19)20/h6-10H2,1-5H3,(H,21,22)(H2,18,19,20). The third kappa shape index (κ3) is 5.45. The molecule has 6 nitrogen and oxygen atoms in total. The van der Waals surface area contributed by atoms with E-state index in [4.69, 9.17) is 4.52 Å². The Balaban J connectivity index is 3.79. The van der Waals surface area contributed by atoms with Crippen LogP contribution in [-0.2, 0) is 34.8 Å². The molecule has 0 bridgehead atoms. The van der Waals surface area contributed by atoms with Gasteiger partial charge in [-0.1, -0.05) is 46.8 Å². The molecule has 0 aliphatic rings. The second-order valence-electron chi connectivity index (χ2n) is 5.86. The van der Waals surface area contributed by atoms with Gasteiger partial charge in [0.1, 0.15) is 5.75 Å². The Bertz CT molecular complexity index is 770. The van der Waals surface area contributed by atoms with Gasteiger partial charge in [-0.15, -0.1) is 11.8 Å². The van der Waals surface area contributed by atoms with Crippen LogP contribution in [0.2, 0.25) is 0 Å². The van der Waals surface area contributed by atoms with Gasteiger partial charge in [0.15, 0.2) is 0 Å². The lowest BCUT2D eigenvalue weighted by Gasteiger charge is -2.26. The Morgan fingerprint density at radius 1 is 0.889 bits per heavy atom. The molecular formula is C17H28O6P2S2. The number of thioether (sulfide) groups is 1. The second kappa shape index (κ2) is 10.0. The van der Waals surface area contributed by atoms with E-state index < -0.39 is 19.5 Å². The summed E-state index contributed by atoms with van der Waals surface area (Å²) in [6.45, 7) is 9.96. The Morgan fingerprint density at radius 2 is 1.30 bits per heavy atom. The summed E-state index contributed by atoms with van der Waals surface area (Å²) in [7, 11) is -9.87. The Labute approximate surface area is 170 Å². The van der Waals surface area contributed by atoms with Crippen molar-refractivity contribution >= 4 is 43.5 Å². The van der Waals surface area contributed by atoms with Crippen LogP contribution in [0.4, 0.5) is 0 Å². The predicted octanol–water partition coefficient (Wildman–Crippen LogP) is 5.08. The fourth-order valence-corrected chi connectivity index (χ4v) is 6.43. The van der Waals surface area contributed by atoms with Crippen LogP contribution in [0.5, 0.6) is 5.75 Å². The molecule has 1 aromatic rings. The molecule has 0 aliphatic carbocycles. The first-order valence-corrected chi connectivity index (χ1v) is 13.5. The Hall–Kier alpha value is -0.200. The maximum atomic E-state index is 12.6. The second-order valence-corrected chi connectivity index (χ2v) is 11.7. The monoisotopic (exact) mass is 454 g/mol. The molecule has 0 fully saturated rings. The van der Waals surface area contributed by atoms with E-state index in [9.17, 15) is 23.8 Å². The average Bonchev–Trinajstić information content (AvgIpc) is 2.59. The highest BCUT2D eigenvalue weighted by Crippen LogP contribution is 2.59. The van der Waals surface area contributed by atoms with Crippen molar-refractivity contribution < 1.29 is 28.3 Å². The van der Waals surface area contributed by atoms with Crippen LogP contribution in [0.15, 0.2) is 4.90 Å². The summed E-state index contributed by atoms with van der Waals surface area (Å²) in [4.78, 5) is 29.8. The van der Waals surface area contributed by atoms with Crippen LogP contribution in [0.3, 0.4) is 0 Å². The lowest BCUT2D eigenvalue weighted by atomic mass is 9.91. The number of benzene rings is 1. The first-order chi connectivity index (χ1) is 12.5. The highest BCUT2D eigenvalue weighted by molar-refractivity contribution is 8.16. The third-order valence-electron chi connectivity index (χ3n) is 4.23. The maximum absolute atomic E-state index is 12.6. The number of hydrogen-bond donors (Lipinski definition) is 3. The van der Waals surface area contributed by atoms with Crippen molar-refractivity contribution in [3.63, 3.8) is 0 Å². The third-order valence-corrected chi connectivity index (χ3v) is 9.66. The molecule has 0 saturated carbocycles. The molecule has 1 rings (SSSR count). The van der Waals surface area contributed by atoms with Gasteiger partial charge in [-0.3, -0.25) is 4.57 Å². The lowest BCUT2D eigenvalue weighted by Crippen LogP contribution is -2.11. The van der Waals surface area contributed by atoms with E-state index in [1.165, 1.54) is 4.90 Å². The molecule has 3 N–H and O–H groups in total. The highest BCUT2D eigenvalue weighted by Gasteiger charge is 2.41. The van der Waals surface area contributed by atoms with E-state index in [0.29, 0.717) is 12.8 Å². The van der Waals surface area contributed by atoms with E-state index in [1.807, 2.05) is 27.7 Å². The van der Waals surface area contributed by atoms with E-state index in [0.717, 1.165) is 40.8 Å². The summed E-state index contributed by atoms with van der Waals surface area (Å²) in [6, 6.07) is 0. The van der Waals surface area contributed by atoms with E-state index in [2.05, 4.69) is 19.1 Å². The van der Waals surface area contributed by atoms with E-state index in [1.54, 1.807) is 11.8 Å². The van der Waals surface area contributed by atoms with Crippen molar-refractivity contribution in [3.05, 3.63) is 22.3 Å². The normalized spacial score (nSPS) is 14.1. The van der Waals surface area contributed by atoms with E-state index in [-0.39, 0.29) is 5.75 Å². The first-order valence-electron chi connectivity index (χ1n) is 8.95. The van der Waals surface area contributed by atoms with E-state index >= 15 is 0 Å². The van der Waals surface area contributed by atoms with Crippen molar-refractivity contribution in [2.75, 3.05) is 5.75 Å². The molecule has 154 valence electrons. The molecule has 0 aromatic heterocycles. The van der Waals surface area contributed by atoms with Crippen LogP contribution in [0, 0.1) is 0 Å². The van der Waals surface area contributed by atoms with Crippen LogP contribution >= 0.6 is 39.2 Å². The number of rotatable bonds is 10. The summed E-state index contributed by atoms with van der Waals surface area (Å²) in [5.41, 5.74) is 3.70. The minimum absolute atomic E-state index is 0.246. The van der Waals surface area contributed by atoms with Crippen molar-refractivity contribution in [2.24, 2.45) is 0 Å². The van der Waals surface area contributed by atoms with Gasteiger partial charge in [0.25, 0.3) is 0 Å². The van der Waals surface area contributed by atoms with Crippen LogP contribution < -0.4 is 4.52 Å². The predicted molar refractivity (Wildman–Crippen MR) is 115 cm³/mol. The minimum Gasteiger partial charge on any atom is -0.420 e. The van der Waals surface area contributed by atoms with Gasteiger partial charge in [0.2, 0.25) is 4.35 Å². The SMILES string of the molecule is CCSc1c(CC)c(CC)c(OP(=O)(O)C(=S)P(=O)(O)O)c(CC)c1CC. The van der Waals surface area contributed by atoms with Gasteiger partial charge in [0, 0.05) is 4.90 Å². The Kier molecular flexibility index (Phi) is 9.22. The van der Waals surface area contributed by atoms with Gasteiger partial charge in [0.05, 0.1) is 0 Å². The molecule has 0 heterocycles. The minimum atomic E-state index is -5.03. The van der Waals surface area contributed by atoms with Crippen LogP contribution in [-0.4, -0.2) is 24.8 Å². The molecular weight excluding hydrogens is 426 g/mol. The smallest absolute Gasteiger partial charge is 0.420 e. The largest absolute Gasteiger partial charge is 0.427 e. The fraction of sp³-hybridized carbons (Fsp3) is 0.588. The molecule has 1 unspecified atom stereocenters. The van der Waals surface area contributed by atoms with Crippen molar-refractivity contribution in [3.8, 4) is 5.75 Å². The molecule has 0 radical (unpaired) electrons. The molecule has 1 atom stereocenters. The summed E-state index contributed by atoms with van der Waals surface area (Å²) in [5.74, 6) is 1.14. The first kappa shape index (κ1) is 24.8. The number of thiocarbonyl (C=S) groups is 1. The molecule has 0 spiro atoms. The molecule has 27 heavy (non-hydrogen) atoms.